The average Bonchev–Trinajstić information content (AvgIpc) is 1.78. The van der Waals surface area contributed by atoms with Crippen LogP contribution in [0.4, 0.5) is 12.9 Å². The quantitative estimate of drug-likeness (QED) is 0.505. The van der Waals surface area contributed by atoms with E-state index in [2.05, 4.69) is 0 Å². The van der Waals surface area contributed by atoms with Gasteiger partial charge in [-0.2, -0.15) is 0 Å². The molecule has 0 atom stereocenters. The van der Waals surface area contributed by atoms with Crippen LogP contribution >= 0.6 is 0 Å². The van der Waals surface area contributed by atoms with E-state index in [1.807, 2.05) is 0 Å². The smallest absolute Gasteiger partial charge is 0.448 e. The van der Waals surface area contributed by atoms with E-state index in [1.165, 1.54) is 7.05 Å². The minimum atomic E-state index is -4.86. The van der Waals surface area contributed by atoms with Crippen molar-refractivity contribution in [2.24, 2.45) is 0 Å². The van der Waals surface area contributed by atoms with Crippen molar-refractivity contribution in [3.63, 3.8) is 0 Å². The Labute approximate surface area is 125 Å². The molecular formula is C5H12BF3KNO2S. The van der Waals surface area contributed by atoms with Crippen LogP contribution < -0.4 is 51.4 Å². The minimum Gasteiger partial charge on any atom is -0.448 e. The largest absolute Gasteiger partial charge is 1.00 e. The zero-order valence-electron chi connectivity index (χ0n) is 8.50. The van der Waals surface area contributed by atoms with E-state index in [0.717, 1.165) is 11.2 Å². The summed E-state index contributed by atoms with van der Waals surface area (Å²) in [6.45, 7) is -4.95. The van der Waals surface area contributed by atoms with Gasteiger partial charge in [0.2, 0.25) is 0 Å². The van der Waals surface area contributed by atoms with E-state index in [9.17, 15) is 21.4 Å². The Hall–Kier alpha value is 1.40. The molecule has 9 heteroatoms. The maximum Gasteiger partial charge on any atom is 1.00 e. The number of halogens is 3. The molecule has 0 aromatic heterocycles. The van der Waals surface area contributed by atoms with E-state index >= 15 is 0 Å². The molecule has 0 rings (SSSR count). The monoisotopic (exact) mass is 257 g/mol. The molecule has 0 aromatic rings. The fraction of sp³-hybridized carbons (Fsp3) is 1.00. The topological polar surface area (TPSA) is 37.4 Å². The first kappa shape index (κ1) is 17.8. The van der Waals surface area contributed by atoms with Gasteiger partial charge in [-0.05, 0) is 13.5 Å². The number of sulfone groups is 1. The first-order chi connectivity index (χ1) is 5.60. The maximum atomic E-state index is 11.8. The van der Waals surface area contributed by atoms with Crippen LogP contribution in [0.5, 0.6) is 0 Å². The van der Waals surface area contributed by atoms with Gasteiger partial charge in [-0.25, -0.2) is 8.42 Å². The molecule has 0 heterocycles. The molecule has 0 saturated heterocycles. The van der Waals surface area contributed by atoms with Crippen molar-refractivity contribution in [2.45, 2.75) is 0 Å². The number of hydrogen-bond donors (Lipinski definition) is 0. The van der Waals surface area contributed by atoms with Crippen molar-refractivity contribution in [1.82, 2.24) is 4.90 Å². The molecule has 80 valence electrons. The first-order valence-corrected chi connectivity index (χ1v) is 5.73. The van der Waals surface area contributed by atoms with Gasteiger partial charge in [-0.15, -0.1) is 0 Å². The molecule has 0 aliphatic rings. The molecule has 14 heavy (non-hydrogen) atoms. The molecule has 0 unspecified atom stereocenters. The maximum absolute atomic E-state index is 11.8. The van der Waals surface area contributed by atoms with Gasteiger partial charge < -0.3 is 17.8 Å². The van der Waals surface area contributed by atoms with Crippen LogP contribution in [0.25, 0.3) is 0 Å². The summed E-state index contributed by atoms with van der Waals surface area (Å²) < 4.78 is 56.6. The van der Waals surface area contributed by atoms with Gasteiger partial charge in [-0.3, -0.25) is 0 Å². The fourth-order valence-electron chi connectivity index (χ4n) is 0.766. The van der Waals surface area contributed by atoms with Crippen molar-refractivity contribution in [1.29, 1.82) is 0 Å². The second-order valence-corrected chi connectivity index (χ2v) is 5.36. The summed E-state index contributed by atoms with van der Waals surface area (Å²) in [7, 11) is -1.93. The molecule has 0 spiro atoms. The first-order valence-electron chi connectivity index (χ1n) is 3.67. The van der Waals surface area contributed by atoms with Crippen LogP contribution in [-0.2, 0) is 9.84 Å². The zero-order valence-corrected chi connectivity index (χ0v) is 12.4. The predicted molar refractivity (Wildman–Crippen MR) is 46.3 cm³/mol. The van der Waals surface area contributed by atoms with Crippen LogP contribution in [0.1, 0.15) is 0 Å². The Morgan fingerprint density at radius 2 is 1.71 bits per heavy atom. The molecule has 0 aromatic carbocycles. The van der Waals surface area contributed by atoms with Gasteiger partial charge in [0.05, 0.1) is 5.75 Å². The number of rotatable bonds is 5. The molecule has 0 aliphatic carbocycles. The van der Waals surface area contributed by atoms with Crippen LogP contribution in [0, 0.1) is 0 Å². The predicted octanol–water partition coefficient (Wildman–Crippen LogP) is -2.65. The summed E-state index contributed by atoms with van der Waals surface area (Å²) in [5.41, 5.74) is 0. The summed E-state index contributed by atoms with van der Waals surface area (Å²) in [5.74, 6) is -0.240. The van der Waals surface area contributed by atoms with Crippen LogP contribution in [0.3, 0.4) is 0 Å². The normalized spacial score (nSPS) is 12.7. The van der Waals surface area contributed by atoms with E-state index in [-0.39, 0.29) is 63.7 Å². The zero-order chi connectivity index (χ0) is 10.7. The molecule has 0 N–H and O–H groups in total. The molecule has 3 nitrogen and oxygen atoms in total. The van der Waals surface area contributed by atoms with Crippen LogP contribution in [-0.4, -0.2) is 52.3 Å². The molecule has 0 bridgehead atoms. The standard InChI is InChI=1S/C5H12BF3NO2S.K/c1-10(5-6(7,8)9)3-4-13(2,11)12;/h3-5H2,1-2H3;/q-1;+1. The third-order valence-electron chi connectivity index (χ3n) is 1.36. The fourth-order valence-corrected chi connectivity index (χ4v) is 1.41. The molecule has 0 amide bonds. The third kappa shape index (κ3) is 13.4. The Bertz CT molecular complexity index is 256. The average molecular weight is 257 g/mol. The number of hydrogen-bond acceptors (Lipinski definition) is 3. The van der Waals surface area contributed by atoms with Crippen molar-refractivity contribution < 1.29 is 72.7 Å². The van der Waals surface area contributed by atoms with E-state index in [0.29, 0.717) is 0 Å². The van der Waals surface area contributed by atoms with Gasteiger partial charge >= 0.3 is 58.4 Å². The van der Waals surface area contributed by atoms with Crippen molar-refractivity contribution in [2.75, 3.05) is 32.0 Å². The molecule has 0 fully saturated rings. The Balaban J connectivity index is 0. The van der Waals surface area contributed by atoms with Gasteiger partial charge in [0.15, 0.2) is 0 Å². The minimum absolute atomic E-state index is 0. The van der Waals surface area contributed by atoms with Crippen molar-refractivity contribution >= 4 is 16.8 Å². The summed E-state index contributed by atoms with van der Waals surface area (Å²) in [6, 6.07) is 0. The SMILES string of the molecule is CN(CCS(C)(=O)=O)C[B-](F)(F)F.[K+]. The van der Waals surface area contributed by atoms with E-state index < -0.39 is 23.3 Å². The second kappa shape index (κ2) is 6.87. The molecule has 0 saturated carbocycles. The summed E-state index contributed by atoms with van der Waals surface area (Å²) in [5, 5.41) is 0. The Kier molecular flexibility index (Phi) is 8.73. The van der Waals surface area contributed by atoms with E-state index in [4.69, 9.17) is 0 Å². The molecular weight excluding hydrogens is 245 g/mol. The van der Waals surface area contributed by atoms with Crippen LogP contribution in [0.15, 0.2) is 0 Å². The molecule has 0 radical (unpaired) electrons. The second-order valence-electron chi connectivity index (χ2n) is 3.10. The van der Waals surface area contributed by atoms with Gasteiger partial charge in [0.25, 0.3) is 0 Å². The third-order valence-corrected chi connectivity index (χ3v) is 2.29. The Morgan fingerprint density at radius 3 is 2.00 bits per heavy atom. The van der Waals surface area contributed by atoms with Crippen LogP contribution in [0.2, 0.25) is 0 Å². The summed E-state index contributed by atoms with van der Waals surface area (Å²) in [4.78, 5) is 0.959. The number of nitrogens with zero attached hydrogens (tertiary/aromatic N) is 1. The van der Waals surface area contributed by atoms with Gasteiger partial charge in [0, 0.05) is 12.8 Å². The van der Waals surface area contributed by atoms with Gasteiger partial charge in [-0.1, -0.05) is 0 Å². The molecule has 0 aliphatic heterocycles. The van der Waals surface area contributed by atoms with Gasteiger partial charge in [0.1, 0.15) is 9.84 Å². The Morgan fingerprint density at radius 1 is 1.29 bits per heavy atom. The summed E-state index contributed by atoms with van der Waals surface area (Å²) >= 11 is 0. The van der Waals surface area contributed by atoms with E-state index in [1.54, 1.807) is 0 Å². The summed E-state index contributed by atoms with van der Waals surface area (Å²) in [6.07, 6.45) is -0.0188. The van der Waals surface area contributed by atoms with Crippen molar-refractivity contribution in [3.8, 4) is 0 Å². The van der Waals surface area contributed by atoms with Crippen molar-refractivity contribution in [3.05, 3.63) is 0 Å².